The van der Waals surface area contributed by atoms with Crippen LogP contribution in [0.1, 0.15) is 94.4 Å². The van der Waals surface area contributed by atoms with Gasteiger partial charge in [-0.15, -0.1) is 5.10 Å². The van der Waals surface area contributed by atoms with E-state index < -0.39 is 223 Å². The Kier molecular flexibility index (Phi) is 32.6. The predicted octanol–water partition coefficient (Wildman–Crippen LogP) is -6.84. The topological polar surface area (TPSA) is 671 Å². The summed E-state index contributed by atoms with van der Waals surface area (Å²) in [6.45, 7) is -0.174. The molecule has 1 spiro atoms. The van der Waals surface area contributed by atoms with Crippen LogP contribution in [-0.4, -0.2) is 255 Å². The van der Waals surface area contributed by atoms with Crippen LogP contribution in [0.2, 0.25) is 0 Å². The van der Waals surface area contributed by atoms with Gasteiger partial charge in [-0.3, -0.25) is 77.2 Å². The van der Waals surface area contributed by atoms with E-state index in [0.29, 0.717) is 22.0 Å². The van der Waals surface area contributed by atoms with E-state index in [1.807, 2.05) is 0 Å². The maximum absolute atomic E-state index is 15.2. The molecule has 612 valence electrons. The lowest BCUT2D eigenvalue weighted by Gasteiger charge is -2.38. The number of carbonyl (C=O) groups is 15. The molecular weight excluding hydrogens is 1520 g/mol. The summed E-state index contributed by atoms with van der Waals surface area (Å²) >= 11 is 9.35. The number of thiocarbonyl (C=S) groups is 1. The van der Waals surface area contributed by atoms with Crippen molar-refractivity contribution in [2.75, 3.05) is 31.9 Å². The second-order valence-electron chi connectivity index (χ2n) is 27.2. The third-order valence-electron chi connectivity index (χ3n) is 18.7. The van der Waals surface area contributed by atoms with Crippen molar-refractivity contribution in [3.8, 4) is 5.75 Å². The molecule has 113 heavy (non-hydrogen) atoms. The summed E-state index contributed by atoms with van der Waals surface area (Å²) in [6, 6.07) is -6.77. The number of aliphatic carboxylic acids is 1. The van der Waals surface area contributed by atoms with Crippen molar-refractivity contribution in [1.82, 2.24) is 94.0 Å². The third-order valence-corrected chi connectivity index (χ3v) is 19.3. The molecule has 2 bridgehead atoms. The number of nitrogens with one attached hydrogen (secondary N) is 15. The largest absolute Gasteiger partial charge is 0.510 e. The molecular formula is C69H95N23O19S2. The number of aliphatic hydroxyl groups excluding tert-OH is 2. The molecule has 4 aromatic rings. The van der Waals surface area contributed by atoms with Crippen molar-refractivity contribution in [3.63, 3.8) is 0 Å². The number of carbonyl (C=O) groups excluding carboxylic acids is 14. The predicted molar refractivity (Wildman–Crippen MR) is 407 cm³/mol. The first-order chi connectivity index (χ1) is 53.7. The van der Waals surface area contributed by atoms with E-state index in [-0.39, 0.29) is 95.4 Å². The fourth-order valence-electron chi connectivity index (χ4n) is 12.8. The summed E-state index contributed by atoms with van der Waals surface area (Å²) < 4.78 is 1.21. The third kappa shape index (κ3) is 25.8. The zero-order valence-electron chi connectivity index (χ0n) is 61.4. The van der Waals surface area contributed by atoms with Gasteiger partial charge in [0.1, 0.15) is 77.5 Å². The Balaban J connectivity index is 1.33. The van der Waals surface area contributed by atoms with Crippen molar-refractivity contribution >= 4 is 136 Å². The first kappa shape index (κ1) is 88.2. The van der Waals surface area contributed by atoms with E-state index in [2.05, 4.69) is 97.0 Å². The maximum atomic E-state index is 15.2. The number of rotatable bonds is 24. The molecule has 13 atom stereocenters. The highest BCUT2D eigenvalue weighted by Crippen LogP contribution is 2.28. The van der Waals surface area contributed by atoms with Gasteiger partial charge in [0.15, 0.2) is 5.96 Å². The summed E-state index contributed by atoms with van der Waals surface area (Å²) in [6.07, 6.45) is -2.39. The standard InChI is InChI=1S/C69H95N23O19S2/c1-34(93)55-64(108)84-47(27-54(98)99)65(109)92-23-6-12-50(92)63(107)81-42(10-4-20-75-67(72)73)57(101)85-49(33-113)61(105)79-41(11-5-21-76-68(74)111)56(100)82-45(25-36-30-77-40-9-3-2-8-39(36)40)58(102)80-43(17-18-52(71)96)62(106)88-69(28-51(95)44(86-66(69)110)24-35-13-15-38(94)16-14-35)19-7-22-91-31-37(89-90-91)26-46(59(103)87-55)83-60(104)48(32-112)78-53(97)29-70/h2-3,8-9,13-16,28,30-32,34,41-50,55,77,93-95,113H,4-7,10-12,17-27,29,33,70H2,1H3,(H2,71,96)(H,78,97)(H,79,105)(H,80,102)(H,81,107)(H,82,100)(H,83,104)(H,84,108)(H,85,101)(H,86,110)(H,87,103)(H,88,106)(H,98,99)(H4,72,73,75)(H3,74,76,111)/t34-,41+,42+,43+,44-,45+,46+,47+,48+,49+,50?,55+,69-/m1/s1. The molecule has 0 saturated carbocycles. The Hall–Kier alpha value is -12.1. The van der Waals surface area contributed by atoms with Crippen LogP contribution in [0.5, 0.6) is 5.75 Å². The van der Waals surface area contributed by atoms with Crippen LogP contribution in [0.4, 0.5) is 4.79 Å². The van der Waals surface area contributed by atoms with Gasteiger partial charge in [-0.05, 0) is 107 Å². The van der Waals surface area contributed by atoms with E-state index in [4.69, 9.17) is 40.6 Å². The quantitative estimate of drug-likeness (QED) is 0.0102. The Morgan fingerprint density at radius 1 is 0.735 bits per heavy atom. The number of fused-ring (bicyclic) bond motifs is 4. The average molecular weight is 1610 g/mol. The Labute approximate surface area is 656 Å². The Bertz CT molecular complexity index is 4220. The first-order valence-electron chi connectivity index (χ1n) is 36.1. The summed E-state index contributed by atoms with van der Waals surface area (Å²) in [7, 11) is 0. The number of amides is 15. The monoisotopic (exact) mass is 1610 g/mol. The number of aryl methyl sites for hydroxylation is 1. The number of hydrogen-bond donors (Lipinski definition) is 24. The number of H-pyrrole nitrogens is 1. The van der Waals surface area contributed by atoms with Gasteiger partial charge in [-0.2, -0.15) is 12.6 Å². The van der Waals surface area contributed by atoms with Gasteiger partial charge in [0.25, 0.3) is 5.91 Å². The summed E-state index contributed by atoms with van der Waals surface area (Å²) in [5, 5.41) is 93.0. The number of nitrogens with zero attached hydrogens (tertiary/aromatic N) is 4. The fourth-order valence-corrected chi connectivity index (χ4v) is 13.3. The molecule has 7 rings (SSSR count). The summed E-state index contributed by atoms with van der Waals surface area (Å²) in [5.41, 5.74) is 21.2. The number of carboxylic acids is 1. The SMILES string of the molecule is C[C@@H](O)[C@@H]1NC(=O)[C@@H](NC(=O)[C@H](C=S)NC(=O)CN)Cc2cn(nn2)CCC[C@]2(C=C(O)[C@@H](Cc3ccc(O)cc3)NC2=O)NC(=O)[C@H](CCC(N)=O)NC(=O)[C@H](Cc2c[nH]c3ccccc23)NC(=O)[C@H](CCCNC(N)=O)NC(=O)[C@H](CS)NC(=O)[C@H](CCCNC(=N)N)NC(=O)C2CCCN2C(=O)[C@H](CC(=O)O)NC1=O. The van der Waals surface area contributed by atoms with Crippen molar-refractivity contribution in [2.24, 2.45) is 22.9 Å². The van der Waals surface area contributed by atoms with Gasteiger partial charge in [0.05, 0.1) is 30.8 Å². The molecule has 1 saturated heterocycles. The molecule has 2 aromatic heterocycles. The van der Waals surface area contributed by atoms with Gasteiger partial charge in [-0.1, -0.05) is 47.8 Å². The van der Waals surface area contributed by atoms with Crippen LogP contribution in [0.25, 0.3) is 10.9 Å². The first-order valence-corrected chi connectivity index (χ1v) is 37.2. The zero-order chi connectivity index (χ0) is 82.8. The maximum Gasteiger partial charge on any atom is 0.312 e. The second-order valence-corrected chi connectivity index (χ2v) is 27.8. The number of aromatic hydroxyl groups is 1. The lowest BCUT2D eigenvalue weighted by molar-refractivity contribution is -0.146. The van der Waals surface area contributed by atoms with Crippen LogP contribution >= 0.6 is 24.8 Å². The summed E-state index contributed by atoms with van der Waals surface area (Å²) in [4.78, 5) is 215. The number of hydrogen-bond acceptors (Lipinski definition) is 24. The minimum Gasteiger partial charge on any atom is -0.510 e. The van der Waals surface area contributed by atoms with Gasteiger partial charge in [0, 0.05) is 79.9 Å². The van der Waals surface area contributed by atoms with Gasteiger partial charge < -0.3 is 122 Å². The number of thiol groups is 1. The van der Waals surface area contributed by atoms with Crippen LogP contribution < -0.4 is 92.1 Å². The highest BCUT2D eigenvalue weighted by molar-refractivity contribution is 7.80. The number of benzene rings is 2. The van der Waals surface area contributed by atoms with E-state index in [9.17, 15) is 78.0 Å². The number of phenolic OH excluding ortho intramolecular Hbond substituents is 1. The molecule has 5 heterocycles. The van der Waals surface area contributed by atoms with Gasteiger partial charge >= 0.3 is 12.0 Å². The molecule has 27 N–H and O–H groups in total. The lowest BCUT2D eigenvalue weighted by atomic mass is 9.85. The van der Waals surface area contributed by atoms with E-state index in [0.717, 1.165) is 23.3 Å². The van der Waals surface area contributed by atoms with Crippen LogP contribution in [0.15, 0.2) is 72.8 Å². The number of guanidine groups is 1. The highest BCUT2D eigenvalue weighted by atomic mass is 32.1. The fraction of sp³-hybridized carbons (Fsp3) is 0.493. The number of aromatic amines is 1. The Morgan fingerprint density at radius 3 is 1.98 bits per heavy atom. The molecule has 15 amide bonds. The number of urea groups is 1. The molecule has 1 unspecified atom stereocenters. The number of primary amides is 2. The van der Waals surface area contributed by atoms with Crippen LogP contribution in [0, 0.1) is 5.41 Å². The highest BCUT2D eigenvalue weighted by Gasteiger charge is 2.46. The van der Waals surface area contributed by atoms with Gasteiger partial charge in [0.2, 0.25) is 70.9 Å². The smallest absolute Gasteiger partial charge is 0.312 e. The number of phenols is 1. The average Bonchev–Trinajstić information content (AvgIpc) is 1.51. The minimum absolute atomic E-state index is 0.00159. The number of aliphatic hydroxyl groups is 2. The molecule has 2 aromatic carbocycles. The van der Waals surface area contributed by atoms with Crippen molar-refractivity contribution in [2.45, 2.75) is 181 Å². The van der Waals surface area contributed by atoms with Crippen LogP contribution in [-0.2, 0) is 92.9 Å². The van der Waals surface area contributed by atoms with E-state index in [1.165, 1.54) is 35.1 Å². The minimum atomic E-state index is -2.24. The van der Waals surface area contributed by atoms with Crippen molar-refractivity contribution in [1.29, 1.82) is 5.41 Å². The number of aromatic nitrogens is 4. The Morgan fingerprint density at radius 2 is 1.35 bits per heavy atom. The summed E-state index contributed by atoms with van der Waals surface area (Å²) in [5.74, 6) is -17.1. The molecule has 44 heteroatoms. The second kappa shape index (κ2) is 41.8. The number of para-hydroxylation sites is 1. The molecule has 42 nitrogen and oxygen atoms in total. The molecule has 3 aliphatic rings. The number of carboxylic acid groups (broad SMARTS) is 1. The van der Waals surface area contributed by atoms with E-state index >= 15 is 14.4 Å². The normalized spacial score (nSPS) is 24.2. The van der Waals surface area contributed by atoms with Crippen molar-refractivity contribution < 1.29 is 92.3 Å². The molecule has 1 fully saturated rings. The van der Waals surface area contributed by atoms with Crippen molar-refractivity contribution in [3.05, 3.63) is 89.6 Å². The molecule has 0 aliphatic carbocycles. The van der Waals surface area contributed by atoms with Gasteiger partial charge in [-0.25, -0.2) is 4.79 Å². The molecule has 0 radical (unpaired) electrons. The molecule has 3 aliphatic heterocycles. The van der Waals surface area contributed by atoms with E-state index in [1.54, 1.807) is 30.5 Å². The number of nitrogens with two attached hydrogens (primary N) is 4. The zero-order valence-corrected chi connectivity index (χ0v) is 63.1. The van der Waals surface area contributed by atoms with Crippen LogP contribution in [0.3, 0.4) is 0 Å². The lowest BCUT2D eigenvalue weighted by Crippen LogP contribution is -2.65.